The zero-order valence-electron chi connectivity index (χ0n) is 17.5. The number of hydrogen-bond donors (Lipinski definition) is 1. The molecule has 1 N–H and O–H groups in total. The maximum absolute atomic E-state index is 12.8. The highest BCUT2D eigenvalue weighted by atomic mass is 32.2. The van der Waals surface area contributed by atoms with E-state index in [0.29, 0.717) is 19.1 Å². The number of amides is 2. The van der Waals surface area contributed by atoms with E-state index in [4.69, 9.17) is 4.74 Å². The van der Waals surface area contributed by atoms with Crippen LogP contribution in [0.2, 0.25) is 0 Å². The molecular weight excluding hydrogens is 374 g/mol. The molecular formula is C21H33N3O3S. The van der Waals surface area contributed by atoms with Crippen molar-refractivity contribution >= 4 is 28.9 Å². The molecule has 6 nitrogen and oxygen atoms in total. The lowest BCUT2D eigenvalue weighted by Gasteiger charge is -2.38. The molecule has 0 radical (unpaired) electrons. The molecule has 2 heterocycles. The standard InChI is InChI=1S/C21H33N3O3S/c1-20(2,3)27-19(26)24-9-7-15(8-10-24)21(4)17(25)23-18(28-21)22-16-12-13-5-6-14(16)11-13/h13-16H,5-12H2,1-4H3,(H,22,23,25)/t13-,14-,16-,21?/m0/s1. The van der Waals surface area contributed by atoms with Gasteiger partial charge in [0.1, 0.15) is 10.3 Å². The van der Waals surface area contributed by atoms with Crippen molar-refractivity contribution in [1.29, 1.82) is 0 Å². The van der Waals surface area contributed by atoms with Crippen LogP contribution >= 0.6 is 11.8 Å². The molecule has 4 aliphatic rings. The lowest BCUT2D eigenvalue weighted by Crippen LogP contribution is -2.47. The van der Waals surface area contributed by atoms with Gasteiger partial charge in [0, 0.05) is 19.1 Å². The van der Waals surface area contributed by atoms with Crippen LogP contribution in [0.1, 0.15) is 66.2 Å². The van der Waals surface area contributed by atoms with Gasteiger partial charge in [-0.2, -0.15) is 4.99 Å². The van der Waals surface area contributed by atoms with E-state index < -0.39 is 10.3 Å². The van der Waals surface area contributed by atoms with Gasteiger partial charge in [-0.05, 0) is 77.6 Å². The molecule has 7 heteroatoms. The van der Waals surface area contributed by atoms with E-state index in [2.05, 4.69) is 10.3 Å². The monoisotopic (exact) mass is 407 g/mol. The molecule has 0 spiro atoms. The maximum atomic E-state index is 12.8. The van der Waals surface area contributed by atoms with E-state index in [1.165, 1.54) is 25.7 Å². The second-order valence-corrected chi connectivity index (χ2v) is 11.5. The van der Waals surface area contributed by atoms with Crippen LogP contribution in [0.4, 0.5) is 4.79 Å². The van der Waals surface area contributed by atoms with Gasteiger partial charge < -0.3 is 15.0 Å². The zero-order chi connectivity index (χ0) is 20.1. The Bertz CT molecular complexity index is 681. The van der Waals surface area contributed by atoms with Gasteiger partial charge >= 0.3 is 6.09 Å². The quantitative estimate of drug-likeness (QED) is 0.754. The highest BCUT2D eigenvalue weighted by molar-refractivity contribution is 8.16. The van der Waals surface area contributed by atoms with Crippen LogP contribution < -0.4 is 5.32 Å². The number of likely N-dealkylation sites (tertiary alicyclic amines) is 1. The van der Waals surface area contributed by atoms with Crippen LogP contribution in [0.5, 0.6) is 0 Å². The summed E-state index contributed by atoms with van der Waals surface area (Å²) in [6, 6.07) is 0.495. The SMILES string of the molecule is CC(C)(C)OC(=O)N1CCC(C2(C)SC(N[C@H]3C[C@H]4CC[C@H]3C4)=NC2=O)CC1. The number of nitrogens with zero attached hydrogens (tertiary/aromatic N) is 2. The van der Waals surface area contributed by atoms with Crippen molar-refractivity contribution in [2.24, 2.45) is 22.7 Å². The third kappa shape index (κ3) is 3.91. The van der Waals surface area contributed by atoms with Gasteiger partial charge in [-0.3, -0.25) is 4.79 Å². The molecule has 2 amide bonds. The zero-order valence-corrected chi connectivity index (χ0v) is 18.3. The van der Waals surface area contributed by atoms with Crippen molar-refractivity contribution in [1.82, 2.24) is 10.2 Å². The number of amidine groups is 1. The van der Waals surface area contributed by atoms with Gasteiger partial charge in [-0.15, -0.1) is 0 Å². The molecule has 2 saturated carbocycles. The van der Waals surface area contributed by atoms with E-state index in [-0.39, 0.29) is 17.9 Å². The Balaban J connectivity index is 1.31. The molecule has 0 aromatic carbocycles. The first kappa shape index (κ1) is 20.0. The van der Waals surface area contributed by atoms with Gasteiger partial charge in [-0.1, -0.05) is 18.2 Å². The predicted molar refractivity (Wildman–Crippen MR) is 111 cm³/mol. The summed E-state index contributed by atoms with van der Waals surface area (Å²) in [6.45, 7) is 8.96. The van der Waals surface area contributed by atoms with Crippen LogP contribution in [0.3, 0.4) is 0 Å². The minimum absolute atomic E-state index is 0.0149. The van der Waals surface area contributed by atoms with Gasteiger partial charge in [0.25, 0.3) is 5.91 Å². The third-order valence-electron chi connectivity index (χ3n) is 6.91. The first-order valence-corrected chi connectivity index (χ1v) is 11.5. The van der Waals surface area contributed by atoms with Crippen molar-refractivity contribution < 1.29 is 14.3 Å². The number of aliphatic imine (C=N–C) groups is 1. The molecule has 2 aliphatic heterocycles. The molecule has 2 bridgehead atoms. The van der Waals surface area contributed by atoms with Gasteiger partial charge in [0.15, 0.2) is 5.17 Å². The Kier molecular flexibility index (Phi) is 5.17. The van der Waals surface area contributed by atoms with E-state index in [1.807, 2.05) is 27.7 Å². The van der Waals surface area contributed by atoms with Crippen LogP contribution in [0.15, 0.2) is 4.99 Å². The van der Waals surface area contributed by atoms with Crippen LogP contribution in [0, 0.1) is 17.8 Å². The van der Waals surface area contributed by atoms with E-state index in [9.17, 15) is 9.59 Å². The summed E-state index contributed by atoms with van der Waals surface area (Å²) >= 11 is 1.62. The Hall–Kier alpha value is -1.24. The van der Waals surface area contributed by atoms with Crippen molar-refractivity contribution in [2.45, 2.75) is 82.6 Å². The first-order chi connectivity index (χ1) is 13.1. The molecule has 1 saturated heterocycles. The second kappa shape index (κ2) is 7.22. The number of nitrogens with one attached hydrogen (secondary N) is 1. The molecule has 156 valence electrons. The Morgan fingerprint density at radius 2 is 1.93 bits per heavy atom. The summed E-state index contributed by atoms with van der Waals surface area (Å²) in [5, 5.41) is 4.41. The van der Waals surface area contributed by atoms with Crippen molar-refractivity contribution in [3.05, 3.63) is 0 Å². The Morgan fingerprint density at radius 1 is 1.21 bits per heavy atom. The van der Waals surface area contributed by atoms with Gasteiger partial charge in [0.2, 0.25) is 0 Å². The fourth-order valence-electron chi connectivity index (χ4n) is 5.31. The molecule has 4 atom stereocenters. The minimum Gasteiger partial charge on any atom is -0.444 e. The largest absolute Gasteiger partial charge is 0.444 e. The maximum Gasteiger partial charge on any atom is 0.410 e. The van der Waals surface area contributed by atoms with E-state index >= 15 is 0 Å². The van der Waals surface area contributed by atoms with Crippen LogP contribution in [-0.2, 0) is 9.53 Å². The van der Waals surface area contributed by atoms with Crippen LogP contribution in [0.25, 0.3) is 0 Å². The molecule has 3 fully saturated rings. The molecule has 4 rings (SSSR count). The number of carbonyl (C=O) groups excluding carboxylic acids is 2. The average molecular weight is 408 g/mol. The summed E-state index contributed by atoms with van der Waals surface area (Å²) < 4.78 is 4.97. The van der Waals surface area contributed by atoms with Crippen LogP contribution in [-0.4, -0.2) is 51.5 Å². The number of thioether (sulfide) groups is 1. The normalized spacial score (nSPS) is 36.0. The van der Waals surface area contributed by atoms with Gasteiger partial charge in [-0.25, -0.2) is 4.79 Å². The number of carbonyl (C=O) groups is 2. The van der Waals surface area contributed by atoms with Crippen molar-refractivity contribution in [2.75, 3.05) is 13.1 Å². The van der Waals surface area contributed by atoms with Crippen molar-refractivity contribution in [3.63, 3.8) is 0 Å². The summed E-state index contributed by atoms with van der Waals surface area (Å²) in [6.07, 6.45) is 6.62. The predicted octanol–water partition coefficient (Wildman–Crippen LogP) is 3.80. The smallest absolute Gasteiger partial charge is 0.410 e. The van der Waals surface area contributed by atoms with E-state index in [1.54, 1.807) is 16.7 Å². The summed E-state index contributed by atoms with van der Waals surface area (Å²) in [5.74, 6) is 1.84. The Morgan fingerprint density at radius 3 is 2.50 bits per heavy atom. The summed E-state index contributed by atoms with van der Waals surface area (Å²) in [4.78, 5) is 31.2. The number of fused-ring (bicyclic) bond motifs is 2. The fourth-order valence-corrected chi connectivity index (χ4v) is 6.59. The lowest BCUT2D eigenvalue weighted by molar-refractivity contribution is -0.121. The highest BCUT2D eigenvalue weighted by Crippen LogP contribution is 2.47. The minimum atomic E-state index is -0.514. The van der Waals surface area contributed by atoms with E-state index in [0.717, 1.165) is 29.8 Å². The van der Waals surface area contributed by atoms with Gasteiger partial charge in [0.05, 0.1) is 0 Å². The highest BCUT2D eigenvalue weighted by Gasteiger charge is 2.49. The lowest BCUT2D eigenvalue weighted by atomic mass is 9.84. The number of piperidine rings is 1. The fraction of sp³-hybridized carbons (Fsp3) is 0.857. The molecule has 0 aromatic heterocycles. The summed E-state index contributed by atoms with van der Waals surface area (Å²) in [5.41, 5.74) is -0.481. The Labute approximate surface area is 172 Å². The first-order valence-electron chi connectivity index (χ1n) is 10.7. The van der Waals surface area contributed by atoms with Crippen molar-refractivity contribution in [3.8, 4) is 0 Å². The molecule has 28 heavy (non-hydrogen) atoms. The number of hydrogen-bond acceptors (Lipinski definition) is 5. The number of ether oxygens (including phenoxy) is 1. The summed E-state index contributed by atoms with van der Waals surface area (Å²) in [7, 11) is 0. The molecule has 2 aliphatic carbocycles. The number of rotatable bonds is 2. The average Bonchev–Trinajstić information content (AvgIpc) is 3.29. The molecule has 1 unspecified atom stereocenters. The third-order valence-corrected chi connectivity index (χ3v) is 8.24. The molecule has 0 aromatic rings. The second-order valence-electron chi connectivity index (χ2n) is 10.1. The topological polar surface area (TPSA) is 71.0 Å².